The largest absolute Gasteiger partial charge is 0.497 e. The van der Waals surface area contributed by atoms with Crippen molar-refractivity contribution in [3.05, 3.63) is 155 Å². The first-order valence-corrected chi connectivity index (χ1v) is 14.8. The number of methoxy groups -OCH3 is 1. The number of hydrogen-bond acceptors (Lipinski definition) is 6. The Kier molecular flexibility index (Phi) is 10.8. The van der Waals surface area contributed by atoms with Crippen LogP contribution in [-0.4, -0.2) is 18.8 Å². The number of nitrogens with one attached hydrogen (secondary N) is 1. The monoisotopic (exact) mass is 613 g/mol. The molecule has 0 aromatic heterocycles. The molecular weight excluding hydrogens is 578 g/mol. The molecule has 0 radical (unpaired) electrons. The van der Waals surface area contributed by atoms with Crippen LogP contribution in [-0.2, 0) is 24.6 Å². The standard InChI is InChI=1S/C39H35NO6/c1-28(41)40-33-17-22-37(44-27-32-13-18-34(43-2)19-14-32)35(24-33)36(42)20-15-29-16-21-38(45-25-30-9-5-3-6-10-30)39(23-29)46-26-31-11-7-4-8-12-31/h3-24H,25-27H2,1-2H3,(H,40,41)/b20-15+. The molecule has 0 aliphatic heterocycles. The summed E-state index contributed by atoms with van der Waals surface area (Å²) in [4.78, 5) is 25.3. The van der Waals surface area contributed by atoms with Gasteiger partial charge in [0.05, 0.1) is 12.7 Å². The van der Waals surface area contributed by atoms with Gasteiger partial charge in [-0.3, -0.25) is 9.59 Å². The molecule has 46 heavy (non-hydrogen) atoms. The van der Waals surface area contributed by atoms with E-state index in [2.05, 4.69) is 5.32 Å². The van der Waals surface area contributed by atoms with E-state index in [1.54, 1.807) is 31.4 Å². The summed E-state index contributed by atoms with van der Waals surface area (Å²) >= 11 is 0. The predicted octanol–water partition coefficient (Wildman–Crippen LogP) is 8.29. The van der Waals surface area contributed by atoms with Gasteiger partial charge >= 0.3 is 0 Å². The minimum Gasteiger partial charge on any atom is -0.497 e. The van der Waals surface area contributed by atoms with Crippen LogP contribution in [0, 0.1) is 0 Å². The SMILES string of the molecule is COc1ccc(COc2ccc(NC(C)=O)cc2C(=O)/C=C/c2ccc(OCc3ccccc3)c(OCc3ccccc3)c2)cc1. The van der Waals surface area contributed by atoms with E-state index in [1.165, 1.54) is 13.0 Å². The molecule has 5 aromatic carbocycles. The molecule has 0 atom stereocenters. The molecule has 5 aromatic rings. The summed E-state index contributed by atoms with van der Waals surface area (Å²) < 4.78 is 23.6. The van der Waals surface area contributed by atoms with Crippen LogP contribution in [0.1, 0.15) is 39.5 Å². The highest BCUT2D eigenvalue weighted by molar-refractivity contribution is 6.09. The molecule has 0 unspecified atom stereocenters. The maximum atomic E-state index is 13.5. The molecular formula is C39H35NO6. The van der Waals surface area contributed by atoms with Crippen molar-refractivity contribution in [1.82, 2.24) is 0 Å². The first-order chi connectivity index (χ1) is 22.5. The van der Waals surface area contributed by atoms with Crippen LogP contribution in [0.25, 0.3) is 6.08 Å². The predicted molar refractivity (Wildman–Crippen MR) is 179 cm³/mol. The van der Waals surface area contributed by atoms with E-state index >= 15 is 0 Å². The third kappa shape index (κ3) is 9.09. The summed E-state index contributed by atoms with van der Waals surface area (Å²) in [7, 11) is 1.61. The Morgan fingerprint density at radius 1 is 0.630 bits per heavy atom. The fourth-order valence-electron chi connectivity index (χ4n) is 4.60. The Morgan fingerprint density at radius 3 is 1.80 bits per heavy atom. The lowest BCUT2D eigenvalue weighted by Gasteiger charge is -2.14. The van der Waals surface area contributed by atoms with Crippen molar-refractivity contribution in [2.45, 2.75) is 26.7 Å². The number of hydrogen-bond donors (Lipinski definition) is 1. The van der Waals surface area contributed by atoms with Crippen molar-refractivity contribution in [2.24, 2.45) is 0 Å². The van der Waals surface area contributed by atoms with E-state index in [9.17, 15) is 9.59 Å². The van der Waals surface area contributed by atoms with Crippen LogP contribution in [0.3, 0.4) is 0 Å². The highest BCUT2D eigenvalue weighted by Crippen LogP contribution is 2.31. The quantitative estimate of drug-likeness (QED) is 0.100. The molecule has 1 N–H and O–H groups in total. The second kappa shape index (κ2) is 15.8. The van der Waals surface area contributed by atoms with E-state index in [0.29, 0.717) is 41.7 Å². The summed E-state index contributed by atoms with van der Waals surface area (Å²) in [5.41, 5.74) is 4.55. The minimum absolute atomic E-state index is 0.238. The van der Waals surface area contributed by atoms with E-state index in [-0.39, 0.29) is 18.3 Å². The number of rotatable bonds is 14. The van der Waals surface area contributed by atoms with Gasteiger partial charge in [-0.05, 0) is 70.8 Å². The molecule has 0 saturated carbocycles. The minimum atomic E-state index is -0.284. The van der Waals surface area contributed by atoms with Crippen LogP contribution in [0.2, 0.25) is 0 Å². The zero-order valence-electron chi connectivity index (χ0n) is 25.8. The lowest BCUT2D eigenvalue weighted by molar-refractivity contribution is -0.114. The van der Waals surface area contributed by atoms with Crippen molar-refractivity contribution in [3.63, 3.8) is 0 Å². The normalized spacial score (nSPS) is 10.7. The highest BCUT2D eigenvalue weighted by Gasteiger charge is 2.14. The van der Waals surface area contributed by atoms with Crippen LogP contribution in [0.15, 0.2) is 127 Å². The van der Waals surface area contributed by atoms with Crippen LogP contribution >= 0.6 is 0 Å². The van der Waals surface area contributed by atoms with E-state index in [0.717, 1.165) is 28.0 Å². The Hall–Kier alpha value is -5.82. The molecule has 0 fully saturated rings. The number of carbonyl (C=O) groups excluding carboxylic acids is 2. The van der Waals surface area contributed by atoms with Crippen molar-refractivity contribution >= 4 is 23.5 Å². The van der Waals surface area contributed by atoms with Gasteiger partial charge in [-0.25, -0.2) is 0 Å². The summed E-state index contributed by atoms with van der Waals surface area (Å²) in [6.45, 7) is 2.42. The molecule has 0 saturated heterocycles. The third-order valence-corrected chi connectivity index (χ3v) is 6.99. The van der Waals surface area contributed by atoms with Crippen LogP contribution < -0.4 is 24.3 Å². The van der Waals surface area contributed by atoms with Gasteiger partial charge in [-0.1, -0.05) is 84.9 Å². The first kappa shape index (κ1) is 31.6. The zero-order chi connectivity index (χ0) is 32.1. The molecule has 7 heteroatoms. The van der Waals surface area contributed by atoms with Gasteiger partial charge in [0.25, 0.3) is 0 Å². The molecule has 232 valence electrons. The summed E-state index contributed by atoms with van der Waals surface area (Å²) in [5.74, 6) is 1.78. The number of benzene rings is 5. The molecule has 0 aliphatic rings. The summed E-state index contributed by atoms with van der Waals surface area (Å²) in [6.07, 6.45) is 3.20. The van der Waals surface area contributed by atoms with Gasteiger partial charge in [-0.2, -0.15) is 0 Å². The Bertz CT molecular complexity index is 1780. The van der Waals surface area contributed by atoms with Crippen LogP contribution in [0.4, 0.5) is 5.69 Å². The Morgan fingerprint density at radius 2 is 1.20 bits per heavy atom. The van der Waals surface area contributed by atoms with Gasteiger partial charge in [0, 0.05) is 12.6 Å². The number of ether oxygens (including phenoxy) is 4. The lowest BCUT2D eigenvalue weighted by Crippen LogP contribution is -2.08. The highest BCUT2D eigenvalue weighted by atomic mass is 16.5. The van der Waals surface area contributed by atoms with E-state index in [1.807, 2.05) is 103 Å². The third-order valence-electron chi connectivity index (χ3n) is 6.99. The van der Waals surface area contributed by atoms with Gasteiger partial charge in [0.2, 0.25) is 5.91 Å². The average Bonchev–Trinajstić information content (AvgIpc) is 3.09. The number of amides is 1. The van der Waals surface area contributed by atoms with Gasteiger partial charge in [0.1, 0.15) is 31.3 Å². The van der Waals surface area contributed by atoms with Gasteiger partial charge in [-0.15, -0.1) is 0 Å². The number of allylic oxidation sites excluding steroid dienone is 1. The van der Waals surface area contributed by atoms with Crippen molar-refractivity contribution in [3.8, 4) is 23.0 Å². The zero-order valence-corrected chi connectivity index (χ0v) is 25.8. The number of anilines is 1. The summed E-state index contributed by atoms with van der Waals surface area (Å²) in [6, 6.07) is 37.9. The molecule has 1 amide bonds. The maximum absolute atomic E-state index is 13.5. The van der Waals surface area contributed by atoms with Gasteiger partial charge < -0.3 is 24.3 Å². The van der Waals surface area contributed by atoms with Crippen molar-refractivity contribution < 1.29 is 28.5 Å². The average molecular weight is 614 g/mol. The lowest BCUT2D eigenvalue weighted by atomic mass is 10.1. The Balaban J connectivity index is 1.36. The van der Waals surface area contributed by atoms with E-state index < -0.39 is 0 Å². The molecule has 0 spiro atoms. The van der Waals surface area contributed by atoms with Crippen LogP contribution in [0.5, 0.6) is 23.0 Å². The molecule has 7 nitrogen and oxygen atoms in total. The van der Waals surface area contributed by atoms with Crippen molar-refractivity contribution in [2.75, 3.05) is 12.4 Å². The van der Waals surface area contributed by atoms with Crippen molar-refractivity contribution in [1.29, 1.82) is 0 Å². The fourth-order valence-corrected chi connectivity index (χ4v) is 4.60. The topological polar surface area (TPSA) is 83.1 Å². The molecule has 0 bridgehead atoms. The summed E-state index contributed by atoms with van der Waals surface area (Å²) in [5, 5.41) is 2.74. The second-order valence-corrected chi connectivity index (χ2v) is 10.5. The van der Waals surface area contributed by atoms with Gasteiger partial charge in [0.15, 0.2) is 17.3 Å². The fraction of sp³-hybridized carbons (Fsp3) is 0.128. The second-order valence-electron chi connectivity index (χ2n) is 10.5. The number of carbonyl (C=O) groups is 2. The molecule has 0 aliphatic carbocycles. The molecule has 5 rings (SSSR count). The number of ketones is 1. The smallest absolute Gasteiger partial charge is 0.221 e. The van der Waals surface area contributed by atoms with E-state index in [4.69, 9.17) is 18.9 Å². The Labute approximate surface area is 269 Å². The first-order valence-electron chi connectivity index (χ1n) is 14.8. The maximum Gasteiger partial charge on any atom is 0.221 e. The molecule has 0 heterocycles.